The van der Waals surface area contributed by atoms with Crippen molar-refractivity contribution in [1.82, 2.24) is 4.98 Å². The first-order valence-electron chi connectivity index (χ1n) is 8.31. The lowest BCUT2D eigenvalue weighted by Crippen LogP contribution is -2.31. The third-order valence-electron chi connectivity index (χ3n) is 4.81. The van der Waals surface area contributed by atoms with Gasteiger partial charge in [-0.2, -0.15) is 0 Å². The number of fused-ring (bicyclic) bond motifs is 3. The molecule has 0 aliphatic carbocycles. The van der Waals surface area contributed by atoms with Gasteiger partial charge < -0.3 is 0 Å². The van der Waals surface area contributed by atoms with E-state index in [0.29, 0.717) is 0 Å². The number of aryl methyl sites for hydroxylation is 4. The Bertz CT molecular complexity index is 1090. The molecule has 0 radical (unpaired) electrons. The number of rotatable bonds is 1. The predicted molar refractivity (Wildman–Crippen MR) is 100 cm³/mol. The molecule has 0 N–H and O–H groups in total. The minimum absolute atomic E-state index is 1.08. The van der Waals surface area contributed by atoms with E-state index in [-0.39, 0.29) is 0 Å². The predicted octanol–water partition coefficient (Wildman–Crippen LogP) is 4.80. The largest absolute Gasteiger partial charge is 0.252 e. The first-order chi connectivity index (χ1) is 11.6. The molecule has 0 aliphatic rings. The average molecular weight is 313 g/mol. The lowest BCUT2D eigenvalue weighted by atomic mass is 9.96. The highest BCUT2D eigenvalue weighted by atomic mass is 14.9. The summed E-state index contributed by atoms with van der Waals surface area (Å²) in [5.41, 5.74) is 7.11. The summed E-state index contributed by atoms with van der Waals surface area (Å²) in [6.07, 6.45) is 2.17. The summed E-state index contributed by atoms with van der Waals surface area (Å²) >= 11 is 0. The van der Waals surface area contributed by atoms with Crippen LogP contribution in [0.15, 0.2) is 54.7 Å². The Hall–Kier alpha value is -2.74. The molecule has 118 valence electrons. The highest BCUT2D eigenvalue weighted by molar-refractivity contribution is 6.10. The molecule has 2 heteroatoms. The molecular weight excluding hydrogens is 292 g/mol. The van der Waals surface area contributed by atoms with Gasteiger partial charge in [0.05, 0.1) is 11.1 Å². The molecule has 0 saturated carbocycles. The van der Waals surface area contributed by atoms with Crippen LogP contribution in [-0.2, 0) is 7.05 Å². The fourth-order valence-electron chi connectivity index (χ4n) is 3.62. The number of hydrogen-bond acceptors (Lipinski definition) is 1. The molecule has 2 nitrogen and oxygen atoms in total. The first-order valence-corrected chi connectivity index (χ1v) is 8.31. The smallest absolute Gasteiger partial charge is 0.214 e. The number of hydrogen-bond donors (Lipinski definition) is 0. The first kappa shape index (κ1) is 14.8. The Morgan fingerprint density at radius 1 is 0.792 bits per heavy atom. The fourth-order valence-corrected chi connectivity index (χ4v) is 3.62. The van der Waals surface area contributed by atoms with E-state index in [0.717, 1.165) is 11.2 Å². The summed E-state index contributed by atoms with van der Waals surface area (Å²) in [6, 6.07) is 17.3. The van der Waals surface area contributed by atoms with Gasteiger partial charge in [-0.05, 0) is 37.8 Å². The minimum atomic E-state index is 1.08. The van der Waals surface area contributed by atoms with Crippen molar-refractivity contribution in [2.24, 2.45) is 7.05 Å². The van der Waals surface area contributed by atoms with Gasteiger partial charge in [0.2, 0.25) is 5.69 Å². The van der Waals surface area contributed by atoms with Crippen molar-refractivity contribution in [3.63, 3.8) is 0 Å². The van der Waals surface area contributed by atoms with Gasteiger partial charge in [0.25, 0.3) is 0 Å². The summed E-state index contributed by atoms with van der Waals surface area (Å²) in [6.45, 7) is 6.39. The second-order valence-corrected chi connectivity index (χ2v) is 6.60. The van der Waals surface area contributed by atoms with Gasteiger partial charge >= 0.3 is 0 Å². The van der Waals surface area contributed by atoms with Crippen LogP contribution in [-0.4, -0.2) is 4.98 Å². The highest BCUT2D eigenvalue weighted by Gasteiger charge is 2.18. The van der Waals surface area contributed by atoms with Crippen LogP contribution in [0.5, 0.6) is 0 Å². The van der Waals surface area contributed by atoms with Crippen molar-refractivity contribution in [3.8, 4) is 11.3 Å². The molecule has 0 amide bonds. The summed E-state index contributed by atoms with van der Waals surface area (Å²) in [4.78, 5) is 4.99. The van der Waals surface area contributed by atoms with E-state index in [1.165, 1.54) is 38.5 Å². The van der Waals surface area contributed by atoms with Crippen LogP contribution in [0.4, 0.5) is 0 Å². The molecular formula is C22H21N2+. The zero-order valence-electron chi connectivity index (χ0n) is 14.6. The van der Waals surface area contributed by atoms with E-state index in [9.17, 15) is 0 Å². The maximum absolute atomic E-state index is 4.99. The maximum Gasteiger partial charge on any atom is 0.214 e. The Morgan fingerprint density at radius 2 is 1.54 bits per heavy atom. The topological polar surface area (TPSA) is 16.8 Å². The van der Waals surface area contributed by atoms with Crippen LogP contribution in [0.25, 0.3) is 32.9 Å². The summed E-state index contributed by atoms with van der Waals surface area (Å²) in [7, 11) is 2.11. The molecule has 4 rings (SSSR count). The van der Waals surface area contributed by atoms with Gasteiger partial charge in [0.15, 0.2) is 6.20 Å². The molecule has 0 spiro atoms. The molecule has 2 aromatic carbocycles. The van der Waals surface area contributed by atoms with Gasteiger partial charge in [-0.1, -0.05) is 36.4 Å². The Labute approximate surface area is 142 Å². The van der Waals surface area contributed by atoms with Crippen molar-refractivity contribution < 1.29 is 4.57 Å². The third-order valence-corrected chi connectivity index (χ3v) is 4.81. The Morgan fingerprint density at radius 3 is 2.29 bits per heavy atom. The molecule has 0 bridgehead atoms. The number of pyridine rings is 2. The van der Waals surface area contributed by atoms with Crippen LogP contribution in [0.3, 0.4) is 0 Å². The second kappa shape index (κ2) is 5.41. The third kappa shape index (κ3) is 2.18. The Kier molecular flexibility index (Phi) is 3.34. The van der Waals surface area contributed by atoms with Crippen molar-refractivity contribution in [3.05, 3.63) is 71.5 Å². The van der Waals surface area contributed by atoms with E-state index >= 15 is 0 Å². The molecule has 24 heavy (non-hydrogen) atoms. The quantitative estimate of drug-likeness (QED) is 0.364. The minimum Gasteiger partial charge on any atom is -0.252 e. The van der Waals surface area contributed by atoms with Crippen LogP contribution in [0, 0.1) is 20.8 Å². The fraction of sp³-hybridized carbons (Fsp3) is 0.182. The highest BCUT2D eigenvalue weighted by Crippen LogP contribution is 2.33. The second-order valence-electron chi connectivity index (χ2n) is 6.60. The molecule has 0 aliphatic heterocycles. The maximum atomic E-state index is 4.99. The van der Waals surface area contributed by atoms with E-state index in [4.69, 9.17) is 4.98 Å². The van der Waals surface area contributed by atoms with Crippen LogP contribution >= 0.6 is 0 Å². The van der Waals surface area contributed by atoms with Crippen molar-refractivity contribution in [1.29, 1.82) is 0 Å². The monoisotopic (exact) mass is 313 g/mol. The van der Waals surface area contributed by atoms with Gasteiger partial charge in [0, 0.05) is 28.1 Å². The summed E-state index contributed by atoms with van der Waals surface area (Å²) < 4.78 is 2.20. The lowest BCUT2D eigenvalue weighted by Gasteiger charge is -2.12. The molecule has 4 aromatic rings. The summed E-state index contributed by atoms with van der Waals surface area (Å²) in [5, 5.41) is 3.72. The Balaban J connectivity index is 2.18. The van der Waals surface area contributed by atoms with Gasteiger partial charge in [-0.3, -0.25) is 4.98 Å². The average Bonchev–Trinajstić information content (AvgIpc) is 2.56. The zero-order chi connectivity index (χ0) is 16.8. The van der Waals surface area contributed by atoms with Crippen molar-refractivity contribution >= 4 is 21.7 Å². The van der Waals surface area contributed by atoms with E-state index < -0.39 is 0 Å². The molecule has 0 saturated heterocycles. The van der Waals surface area contributed by atoms with E-state index in [1.807, 2.05) is 0 Å². The van der Waals surface area contributed by atoms with Crippen LogP contribution in [0.2, 0.25) is 0 Å². The molecule has 0 fully saturated rings. The molecule has 0 unspecified atom stereocenters. The van der Waals surface area contributed by atoms with Crippen LogP contribution < -0.4 is 4.57 Å². The van der Waals surface area contributed by atoms with Gasteiger partial charge in [-0.25, -0.2) is 4.57 Å². The van der Waals surface area contributed by atoms with Gasteiger partial charge in [-0.15, -0.1) is 0 Å². The number of nitrogens with zero attached hydrogens (tertiary/aromatic N) is 2. The van der Waals surface area contributed by atoms with Crippen molar-refractivity contribution in [2.75, 3.05) is 0 Å². The normalized spacial score (nSPS) is 11.3. The lowest BCUT2D eigenvalue weighted by molar-refractivity contribution is -0.660. The molecule has 0 atom stereocenters. The number of benzene rings is 2. The van der Waals surface area contributed by atoms with E-state index in [2.05, 4.69) is 87.1 Å². The molecule has 2 aromatic heterocycles. The molecule has 2 heterocycles. The van der Waals surface area contributed by atoms with E-state index in [1.54, 1.807) is 0 Å². The number of aromatic nitrogens is 2. The zero-order valence-corrected chi connectivity index (χ0v) is 14.6. The SMILES string of the molecule is Cc1ccc(-c2c(C)ccc3c2nc(C)c2ccccc23)[n+](C)c1. The summed E-state index contributed by atoms with van der Waals surface area (Å²) in [5.74, 6) is 0. The standard InChI is InChI=1S/C22H21N2/c1-14-9-12-20(24(4)13-14)21-15(2)10-11-19-18-8-6-5-7-17(18)16(3)23-22(19)21/h5-13H,1-4H3/q+1. The van der Waals surface area contributed by atoms with Crippen molar-refractivity contribution in [2.45, 2.75) is 20.8 Å². The van der Waals surface area contributed by atoms with Gasteiger partial charge in [0.1, 0.15) is 7.05 Å². The van der Waals surface area contributed by atoms with Crippen LogP contribution in [0.1, 0.15) is 16.8 Å².